The fourth-order valence-corrected chi connectivity index (χ4v) is 1.00. The Morgan fingerprint density at radius 1 is 1.54 bits per heavy atom. The lowest BCUT2D eigenvalue weighted by Gasteiger charge is -2.08. The summed E-state index contributed by atoms with van der Waals surface area (Å²) in [5.74, 6) is 0.429. The Labute approximate surface area is 76.7 Å². The maximum absolute atomic E-state index is 10.8. The molecule has 0 spiro atoms. The van der Waals surface area contributed by atoms with E-state index in [4.69, 9.17) is 10.5 Å². The molecule has 0 aromatic heterocycles. The Balaban J connectivity index is 2.99. The van der Waals surface area contributed by atoms with E-state index in [0.717, 1.165) is 0 Å². The SMILES string of the molecule is COc1cc(N)ccc1NC(C)=O. The van der Waals surface area contributed by atoms with Crippen LogP contribution in [0, 0.1) is 0 Å². The molecule has 0 atom stereocenters. The van der Waals surface area contributed by atoms with E-state index in [1.165, 1.54) is 14.0 Å². The Kier molecular flexibility index (Phi) is 2.74. The van der Waals surface area contributed by atoms with Gasteiger partial charge in [0.25, 0.3) is 0 Å². The molecule has 13 heavy (non-hydrogen) atoms. The lowest BCUT2D eigenvalue weighted by Crippen LogP contribution is -2.07. The maximum atomic E-state index is 10.8. The zero-order chi connectivity index (χ0) is 9.84. The van der Waals surface area contributed by atoms with E-state index in [9.17, 15) is 4.79 Å². The fourth-order valence-electron chi connectivity index (χ4n) is 1.00. The van der Waals surface area contributed by atoms with Crippen molar-refractivity contribution in [2.45, 2.75) is 6.92 Å². The summed E-state index contributed by atoms with van der Waals surface area (Å²) >= 11 is 0. The van der Waals surface area contributed by atoms with Crippen LogP contribution in [-0.2, 0) is 4.79 Å². The van der Waals surface area contributed by atoms with E-state index < -0.39 is 0 Å². The number of amides is 1. The molecule has 3 N–H and O–H groups in total. The van der Waals surface area contributed by atoms with Crippen LogP contribution in [0.2, 0.25) is 0 Å². The van der Waals surface area contributed by atoms with Gasteiger partial charge in [0.15, 0.2) is 0 Å². The third-order valence-electron chi connectivity index (χ3n) is 1.54. The van der Waals surface area contributed by atoms with Crippen molar-refractivity contribution >= 4 is 17.3 Å². The largest absolute Gasteiger partial charge is 0.494 e. The summed E-state index contributed by atoms with van der Waals surface area (Å²) in [4.78, 5) is 10.8. The van der Waals surface area contributed by atoms with Crippen LogP contribution in [0.15, 0.2) is 18.2 Å². The Morgan fingerprint density at radius 2 is 2.23 bits per heavy atom. The minimum Gasteiger partial charge on any atom is -0.494 e. The van der Waals surface area contributed by atoms with E-state index in [1.807, 2.05) is 0 Å². The minimum absolute atomic E-state index is 0.136. The molecular formula is C9H12N2O2. The Bertz CT molecular complexity index is 323. The molecule has 0 heterocycles. The number of nitrogens with one attached hydrogen (secondary N) is 1. The molecule has 0 aliphatic carbocycles. The minimum atomic E-state index is -0.136. The van der Waals surface area contributed by atoms with Crippen LogP contribution in [0.1, 0.15) is 6.92 Å². The molecule has 0 bridgehead atoms. The van der Waals surface area contributed by atoms with Crippen LogP contribution in [0.5, 0.6) is 5.75 Å². The second-order valence-electron chi connectivity index (χ2n) is 2.64. The molecular weight excluding hydrogens is 168 g/mol. The van der Waals surface area contributed by atoms with Crippen molar-refractivity contribution in [1.29, 1.82) is 0 Å². The van der Waals surface area contributed by atoms with Gasteiger partial charge in [0, 0.05) is 18.7 Å². The van der Waals surface area contributed by atoms with Gasteiger partial charge in [-0.3, -0.25) is 4.79 Å². The third-order valence-corrected chi connectivity index (χ3v) is 1.54. The molecule has 1 aromatic rings. The average molecular weight is 180 g/mol. The molecule has 0 aliphatic heterocycles. The predicted octanol–water partition coefficient (Wildman–Crippen LogP) is 1.24. The molecule has 0 saturated heterocycles. The zero-order valence-electron chi connectivity index (χ0n) is 7.63. The number of methoxy groups -OCH3 is 1. The first-order valence-corrected chi connectivity index (χ1v) is 3.84. The lowest BCUT2D eigenvalue weighted by atomic mass is 10.2. The highest BCUT2D eigenvalue weighted by atomic mass is 16.5. The first kappa shape index (κ1) is 9.38. The molecule has 0 fully saturated rings. The number of carbonyl (C=O) groups excluding carboxylic acids is 1. The second kappa shape index (κ2) is 3.80. The molecule has 70 valence electrons. The molecule has 4 nitrogen and oxygen atoms in total. The van der Waals surface area contributed by atoms with Gasteiger partial charge in [-0.2, -0.15) is 0 Å². The zero-order valence-corrected chi connectivity index (χ0v) is 7.63. The standard InChI is InChI=1S/C9H12N2O2/c1-6(12)11-8-4-3-7(10)5-9(8)13-2/h3-5H,10H2,1-2H3,(H,11,12). The summed E-state index contributed by atoms with van der Waals surface area (Å²) in [5.41, 5.74) is 6.77. The van der Waals surface area contributed by atoms with E-state index in [1.54, 1.807) is 18.2 Å². The lowest BCUT2D eigenvalue weighted by molar-refractivity contribution is -0.114. The topological polar surface area (TPSA) is 64.3 Å². The van der Waals surface area contributed by atoms with Gasteiger partial charge in [0.05, 0.1) is 12.8 Å². The van der Waals surface area contributed by atoms with Gasteiger partial charge in [-0.15, -0.1) is 0 Å². The molecule has 0 aliphatic rings. The molecule has 1 rings (SSSR count). The van der Waals surface area contributed by atoms with Crippen molar-refractivity contribution in [2.75, 3.05) is 18.2 Å². The number of hydrogen-bond acceptors (Lipinski definition) is 3. The molecule has 0 radical (unpaired) electrons. The Morgan fingerprint density at radius 3 is 2.77 bits per heavy atom. The monoisotopic (exact) mass is 180 g/mol. The highest BCUT2D eigenvalue weighted by molar-refractivity contribution is 5.90. The predicted molar refractivity (Wildman–Crippen MR) is 51.7 cm³/mol. The van der Waals surface area contributed by atoms with E-state index in [-0.39, 0.29) is 5.91 Å². The summed E-state index contributed by atoms with van der Waals surface area (Å²) in [6.07, 6.45) is 0. The van der Waals surface area contributed by atoms with Crippen LogP contribution in [0.3, 0.4) is 0 Å². The number of rotatable bonds is 2. The summed E-state index contributed by atoms with van der Waals surface area (Å²) in [5, 5.41) is 2.63. The van der Waals surface area contributed by atoms with Crippen LogP contribution < -0.4 is 15.8 Å². The first-order valence-electron chi connectivity index (χ1n) is 3.84. The quantitative estimate of drug-likeness (QED) is 0.673. The van der Waals surface area contributed by atoms with Gasteiger partial charge in [-0.25, -0.2) is 0 Å². The van der Waals surface area contributed by atoms with Gasteiger partial charge in [0.1, 0.15) is 5.75 Å². The van der Waals surface area contributed by atoms with Gasteiger partial charge >= 0.3 is 0 Å². The first-order chi connectivity index (χ1) is 6.13. The number of nitrogen functional groups attached to an aromatic ring is 1. The number of anilines is 2. The number of nitrogens with two attached hydrogens (primary N) is 1. The van der Waals surface area contributed by atoms with Crippen LogP contribution >= 0.6 is 0 Å². The molecule has 4 heteroatoms. The summed E-state index contributed by atoms with van der Waals surface area (Å²) in [6.45, 7) is 1.44. The van der Waals surface area contributed by atoms with E-state index in [0.29, 0.717) is 17.1 Å². The maximum Gasteiger partial charge on any atom is 0.221 e. The highest BCUT2D eigenvalue weighted by Gasteiger charge is 2.03. The number of benzene rings is 1. The molecule has 0 saturated carbocycles. The van der Waals surface area contributed by atoms with Crippen LogP contribution in [0.25, 0.3) is 0 Å². The highest BCUT2D eigenvalue weighted by Crippen LogP contribution is 2.26. The normalized spacial score (nSPS) is 9.38. The van der Waals surface area contributed by atoms with Crippen molar-refractivity contribution in [3.05, 3.63) is 18.2 Å². The number of carbonyl (C=O) groups is 1. The van der Waals surface area contributed by atoms with Crippen LogP contribution in [-0.4, -0.2) is 13.0 Å². The average Bonchev–Trinajstić information content (AvgIpc) is 2.07. The number of hydrogen-bond donors (Lipinski definition) is 2. The van der Waals surface area contributed by atoms with Crippen molar-refractivity contribution in [2.24, 2.45) is 0 Å². The van der Waals surface area contributed by atoms with Gasteiger partial charge in [-0.05, 0) is 12.1 Å². The fraction of sp³-hybridized carbons (Fsp3) is 0.222. The van der Waals surface area contributed by atoms with Crippen molar-refractivity contribution in [3.8, 4) is 5.75 Å². The van der Waals surface area contributed by atoms with Gasteiger partial charge in [0.2, 0.25) is 5.91 Å². The van der Waals surface area contributed by atoms with Gasteiger partial charge < -0.3 is 15.8 Å². The van der Waals surface area contributed by atoms with Crippen molar-refractivity contribution in [1.82, 2.24) is 0 Å². The second-order valence-corrected chi connectivity index (χ2v) is 2.64. The summed E-state index contributed by atoms with van der Waals surface area (Å²) in [7, 11) is 1.53. The van der Waals surface area contributed by atoms with Crippen molar-refractivity contribution in [3.63, 3.8) is 0 Å². The van der Waals surface area contributed by atoms with Crippen molar-refractivity contribution < 1.29 is 9.53 Å². The van der Waals surface area contributed by atoms with E-state index in [2.05, 4.69) is 5.32 Å². The summed E-state index contributed by atoms with van der Waals surface area (Å²) in [6, 6.07) is 5.06. The third kappa shape index (κ3) is 2.37. The Hall–Kier alpha value is -1.71. The van der Waals surface area contributed by atoms with Gasteiger partial charge in [-0.1, -0.05) is 0 Å². The molecule has 1 aromatic carbocycles. The molecule has 1 amide bonds. The van der Waals surface area contributed by atoms with E-state index >= 15 is 0 Å². The smallest absolute Gasteiger partial charge is 0.221 e. The molecule has 0 unspecified atom stereocenters. The number of ether oxygens (including phenoxy) is 1. The van der Waals surface area contributed by atoms with Crippen LogP contribution in [0.4, 0.5) is 11.4 Å². The summed E-state index contributed by atoms with van der Waals surface area (Å²) < 4.78 is 5.03.